The molecule has 2 fully saturated rings. The molecule has 0 N–H and O–H groups in total. The fourth-order valence-electron chi connectivity index (χ4n) is 2.00. The Morgan fingerprint density at radius 1 is 1.59 bits per heavy atom. The summed E-state index contributed by atoms with van der Waals surface area (Å²) < 4.78 is 5.62. The van der Waals surface area contributed by atoms with Gasteiger partial charge in [-0.15, -0.1) is 16.6 Å². The van der Waals surface area contributed by atoms with Crippen LogP contribution in [0, 0.1) is 0 Å². The first-order valence-electron chi connectivity index (χ1n) is 5.75. The Hall–Kier alpha value is -0.890. The zero-order chi connectivity index (χ0) is 11.7. The molecule has 7 heteroatoms. The molecule has 1 aromatic rings. The molecule has 2 saturated heterocycles. The van der Waals surface area contributed by atoms with Gasteiger partial charge >= 0.3 is 0 Å². The van der Waals surface area contributed by atoms with Gasteiger partial charge < -0.3 is 9.64 Å². The Morgan fingerprint density at radius 2 is 2.47 bits per heavy atom. The summed E-state index contributed by atoms with van der Waals surface area (Å²) in [6.45, 7) is 5.03. The van der Waals surface area contributed by atoms with E-state index in [1.54, 1.807) is 11.3 Å². The Bertz CT molecular complexity index is 383. The predicted molar refractivity (Wildman–Crippen MR) is 63.9 cm³/mol. The smallest absolute Gasteiger partial charge is 0.205 e. The number of thiazole rings is 1. The molecular weight excluding hydrogens is 242 g/mol. The lowest BCUT2D eigenvalue weighted by Crippen LogP contribution is -2.37. The third-order valence-corrected chi connectivity index (χ3v) is 3.71. The lowest BCUT2D eigenvalue weighted by atomic mass is 10.3. The molecule has 0 amide bonds. The highest BCUT2D eigenvalue weighted by molar-refractivity contribution is 7.14. The second-order valence-corrected chi connectivity index (χ2v) is 4.77. The van der Waals surface area contributed by atoms with Crippen LogP contribution in [0.25, 0.3) is 0 Å². The lowest BCUT2D eigenvalue weighted by molar-refractivity contribution is -0.278. The first kappa shape index (κ1) is 11.2. The van der Waals surface area contributed by atoms with E-state index in [4.69, 9.17) is 14.4 Å². The zero-order valence-corrected chi connectivity index (χ0v) is 10.5. The van der Waals surface area contributed by atoms with Gasteiger partial charge in [0.25, 0.3) is 0 Å². The van der Waals surface area contributed by atoms with Crippen molar-refractivity contribution in [2.24, 2.45) is 0 Å². The third kappa shape index (κ3) is 2.23. The third-order valence-electron chi connectivity index (χ3n) is 2.82. The topological polar surface area (TPSA) is 47.1 Å². The quantitative estimate of drug-likeness (QED) is 0.812. The van der Waals surface area contributed by atoms with Gasteiger partial charge in [0.15, 0.2) is 10.9 Å². The first-order chi connectivity index (χ1) is 8.36. The van der Waals surface area contributed by atoms with Crippen molar-refractivity contribution < 1.29 is 14.4 Å². The van der Waals surface area contributed by atoms with Crippen molar-refractivity contribution in [2.45, 2.75) is 19.4 Å². The SMILES string of the molecule is CCO[C@@H]1CCN(c2nc(N3OCO3)cs2)C1. The predicted octanol–water partition coefficient (Wildman–Crippen LogP) is 1.40. The molecule has 3 rings (SSSR count). The summed E-state index contributed by atoms with van der Waals surface area (Å²) in [4.78, 5) is 16.8. The molecule has 0 spiro atoms. The molecule has 94 valence electrons. The van der Waals surface area contributed by atoms with Gasteiger partial charge in [0.05, 0.1) is 6.10 Å². The summed E-state index contributed by atoms with van der Waals surface area (Å²) in [5.41, 5.74) is 0. The van der Waals surface area contributed by atoms with E-state index < -0.39 is 0 Å². The van der Waals surface area contributed by atoms with Crippen LogP contribution < -0.4 is 10.1 Å². The lowest BCUT2D eigenvalue weighted by Gasteiger charge is -2.27. The molecule has 0 bridgehead atoms. The van der Waals surface area contributed by atoms with Gasteiger partial charge in [0.2, 0.25) is 6.79 Å². The number of ether oxygens (including phenoxy) is 1. The molecule has 0 aliphatic carbocycles. The van der Waals surface area contributed by atoms with Crippen LogP contribution in [0.5, 0.6) is 0 Å². The molecule has 6 nitrogen and oxygen atoms in total. The Morgan fingerprint density at radius 3 is 3.18 bits per heavy atom. The molecule has 0 unspecified atom stereocenters. The monoisotopic (exact) mass is 257 g/mol. The minimum atomic E-state index is 0.309. The highest BCUT2D eigenvalue weighted by Gasteiger charge is 2.27. The average molecular weight is 257 g/mol. The Balaban J connectivity index is 1.62. The summed E-state index contributed by atoms with van der Waals surface area (Å²) in [5.74, 6) is 0.719. The summed E-state index contributed by atoms with van der Waals surface area (Å²) in [5, 5.41) is 4.28. The van der Waals surface area contributed by atoms with E-state index in [1.807, 2.05) is 12.3 Å². The minimum absolute atomic E-state index is 0.309. The summed E-state index contributed by atoms with van der Waals surface area (Å²) in [6.07, 6.45) is 1.41. The maximum Gasteiger partial charge on any atom is 0.205 e. The standard InChI is InChI=1S/C10H15N3O3S/c1-2-14-8-3-4-12(5-8)10-11-9(6-17-10)13-15-7-16-13/h6,8H,2-5,7H2,1H3/t8-/m1/s1. The van der Waals surface area contributed by atoms with Crippen molar-refractivity contribution in [3.05, 3.63) is 5.38 Å². The normalized spacial score (nSPS) is 24.2. The van der Waals surface area contributed by atoms with E-state index in [9.17, 15) is 0 Å². The van der Waals surface area contributed by atoms with Crippen molar-refractivity contribution >= 4 is 22.3 Å². The maximum absolute atomic E-state index is 5.62. The van der Waals surface area contributed by atoms with Crippen molar-refractivity contribution in [3.63, 3.8) is 0 Å². The fraction of sp³-hybridized carbons (Fsp3) is 0.700. The number of hydrogen-bond donors (Lipinski definition) is 0. The van der Waals surface area contributed by atoms with Crippen LogP contribution in [0.3, 0.4) is 0 Å². The van der Waals surface area contributed by atoms with Crippen LogP contribution in [0.15, 0.2) is 5.38 Å². The number of anilines is 2. The average Bonchev–Trinajstić information content (AvgIpc) is 2.84. The first-order valence-corrected chi connectivity index (χ1v) is 6.63. The number of aromatic nitrogens is 1. The van der Waals surface area contributed by atoms with Crippen LogP contribution >= 0.6 is 11.3 Å². The summed E-state index contributed by atoms with van der Waals surface area (Å²) in [6, 6.07) is 0. The highest BCUT2D eigenvalue weighted by Crippen LogP contribution is 2.30. The Kier molecular flexibility index (Phi) is 3.15. The van der Waals surface area contributed by atoms with E-state index >= 15 is 0 Å². The maximum atomic E-state index is 5.62. The van der Waals surface area contributed by atoms with E-state index in [-0.39, 0.29) is 0 Å². The molecule has 3 heterocycles. The molecule has 1 atom stereocenters. The van der Waals surface area contributed by atoms with Crippen LogP contribution in [0.1, 0.15) is 13.3 Å². The van der Waals surface area contributed by atoms with E-state index in [2.05, 4.69) is 9.88 Å². The van der Waals surface area contributed by atoms with Gasteiger partial charge in [-0.1, -0.05) is 0 Å². The van der Waals surface area contributed by atoms with E-state index in [1.165, 1.54) is 5.23 Å². The molecule has 2 aliphatic heterocycles. The van der Waals surface area contributed by atoms with Gasteiger partial charge in [0, 0.05) is 25.1 Å². The summed E-state index contributed by atoms with van der Waals surface area (Å²) in [7, 11) is 0. The van der Waals surface area contributed by atoms with Crippen molar-refractivity contribution in [1.82, 2.24) is 4.98 Å². The number of rotatable bonds is 4. The van der Waals surface area contributed by atoms with Crippen molar-refractivity contribution in [1.29, 1.82) is 0 Å². The molecule has 0 radical (unpaired) electrons. The molecule has 17 heavy (non-hydrogen) atoms. The van der Waals surface area contributed by atoms with Gasteiger partial charge in [-0.05, 0) is 13.3 Å². The Labute approximate surface area is 104 Å². The highest BCUT2D eigenvalue weighted by atomic mass is 32.1. The van der Waals surface area contributed by atoms with Crippen LogP contribution in [0.4, 0.5) is 10.9 Å². The number of hydrogen-bond acceptors (Lipinski definition) is 7. The zero-order valence-electron chi connectivity index (χ0n) is 9.66. The molecule has 2 aliphatic rings. The molecule has 1 aromatic heterocycles. The van der Waals surface area contributed by atoms with E-state index in [0.29, 0.717) is 12.9 Å². The van der Waals surface area contributed by atoms with Gasteiger partial charge in [-0.3, -0.25) is 0 Å². The van der Waals surface area contributed by atoms with Crippen LogP contribution in [-0.4, -0.2) is 37.6 Å². The van der Waals surface area contributed by atoms with Crippen LogP contribution in [-0.2, 0) is 14.4 Å². The second-order valence-electron chi connectivity index (χ2n) is 3.93. The van der Waals surface area contributed by atoms with Gasteiger partial charge in [0.1, 0.15) is 0 Å². The van der Waals surface area contributed by atoms with Crippen molar-refractivity contribution in [3.8, 4) is 0 Å². The molecular formula is C10H15N3O3S. The van der Waals surface area contributed by atoms with Gasteiger partial charge in [-0.2, -0.15) is 4.98 Å². The number of nitrogens with zero attached hydrogens (tertiary/aromatic N) is 3. The molecule has 0 aromatic carbocycles. The molecule has 0 saturated carbocycles. The van der Waals surface area contributed by atoms with Gasteiger partial charge in [-0.25, -0.2) is 9.68 Å². The van der Waals surface area contributed by atoms with E-state index in [0.717, 1.165) is 37.1 Å². The fourth-order valence-corrected chi connectivity index (χ4v) is 2.81. The largest absolute Gasteiger partial charge is 0.377 e. The van der Waals surface area contributed by atoms with Crippen molar-refractivity contribution in [2.75, 3.05) is 36.6 Å². The summed E-state index contributed by atoms with van der Waals surface area (Å²) >= 11 is 1.60. The minimum Gasteiger partial charge on any atom is -0.377 e. The van der Waals surface area contributed by atoms with Crippen LogP contribution in [0.2, 0.25) is 0 Å². The second kappa shape index (κ2) is 4.77.